The fourth-order valence-electron chi connectivity index (χ4n) is 8.30. The number of rotatable bonds is 1. The monoisotopic (exact) mass is 362 g/mol. The summed E-state index contributed by atoms with van der Waals surface area (Å²) in [7, 11) is 0. The quantitative estimate of drug-likeness (QED) is 0.458. The van der Waals surface area contributed by atoms with Gasteiger partial charge in [0.1, 0.15) is 6.10 Å². The Morgan fingerprint density at radius 2 is 1.76 bits per heavy atom. The fourth-order valence-corrected chi connectivity index (χ4v) is 9.79. The Morgan fingerprint density at radius 3 is 2.52 bits per heavy atom. The maximum absolute atomic E-state index is 11.6. The van der Waals surface area contributed by atoms with Gasteiger partial charge in [0.25, 0.3) is 0 Å². The Labute approximate surface area is 157 Å². The first kappa shape index (κ1) is 17.0. The van der Waals surface area contributed by atoms with Crippen LogP contribution in [0.5, 0.6) is 0 Å². The van der Waals surface area contributed by atoms with E-state index >= 15 is 0 Å². The van der Waals surface area contributed by atoms with Crippen molar-refractivity contribution in [1.29, 1.82) is 0 Å². The lowest BCUT2D eigenvalue weighted by molar-refractivity contribution is -0.161. The molecule has 0 bridgehead atoms. The number of ether oxygens (including phenoxy) is 1. The summed E-state index contributed by atoms with van der Waals surface area (Å²) in [6.07, 6.45) is 11.0. The third kappa shape index (κ3) is 2.26. The minimum absolute atomic E-state index is 0.0818. The molecule has 0 spiro atoms. The van der Waals surface area contributed by atoms with E-state index in [1.165, 1.54) is 44.9 Å². The zero-order valence-electron chi connectivity index (χ0n) is 16.3. The molecule has 5 rings (SSSR count). The van der Waals surface area contributed by atoms with Crippen LogP contribution in [0.2, 0.25) is 0 Å². The molecule has 1 aliphatic heterocycles. The van der Waals surface area contributed by atoms with Gasteiger partial charge < -0.3 is 4.74 Å². The van der Waals surface area contributed by atoms with E-state index in [-0.39, 0.29) is 17.5 Å². The first-order chi connectivity index (χ1) is 11.8. The maximum atomic E-state index is 11.6. The standard InChI is InChI=1S/C22H34O2S/c1-13(23)24-18-8-7-16-15-6-5-14-11-19-22(4,25-19)12-21(14,3)17(15)9-10-20(16,18)2/h14-19H,5-12H2,1-4H3/t14-,15-,16-,17-,18-,19-,20-,21-,22+/m0/s1. The fraction of sp³-hybridized carbons (Fsp3) is 0.955. The van der Waals surface area contributed by atoms with Crippen LogP contribution in [0, 0.1) is 34.5 Å². The van der Waals surface area contributed by atoms with Crippen LogP contribution in [0.25, 0.3) is 0 Å². The van der Waals surface area contributed by atoms with E-state index in [0.717, 1.165) is 35.3 Å². The van der Waals surface area contributed by atoms with Gasteiger partial charge in [-0.3, -0.25) is 4.79 Å². The lowest BCUT2D eigenvalue weighted by Crippen LogP contribution is -2.55. The summed E-state index contributed by atoms with van der Waals surface area (Å²) in [5.41, 5.74) is 0.810. The van der Waals surface area contributed by atoms with Gasteiger partial charge in [-0.15, -0.1) is 11.8 Å². The SMILES string of the molecule is CC(=O)O[C@H]1CC[C@H]2[C@@H]3CC[C@H]4C[C@@H]5S[C@]5(C)C[C@]4(C)[C@H]3CC[C@]12C. The molecule has 0 aromatic carbocycles. The second-order valence-electron chi connectivity index (χ2n) is 10.7. The molecule has 0 amide bonds. The van der Waals surface area contributed by atoms with Gasteiger partial charge in [0.2, 0.25) is 0 Å². The highest BCUT2D eigenvalue weighted by Crippen LogP contribution is 2.73. The highest BCUT2D eigenvalue weighted by Gasteiger charge is 2.67. The normalized spacial score (nSPS) is 59.2. The Morgan fingerprint density at radius 1 is 1.00 bits per heavy atom. The van der Waals surface area contributed by atoms with Crippen LogP contribution >= 0.6 is 11.8 Å². The smallest absolute Gasteiger partial charge is 0.302 e. The Hall–Kier alpha value is -0.180. The summed E-state index contributed by atoms with van der Waals surface area (Å²) in [6.45, 7) is 9.22. The average molecular weight is 363 g/mol. The first-order valence-electron chi connectivity index (χ1n) is 10.6. The van der Waals surface area contributed by atoms with Crippen LogP contribution in [0.1, 0.15) is 79.1 Å². The summed E-state index contributed by atoms with van der Waals surface area (Å²) in [4.78, 5) is 11.6. The number of hydrogen-bond donors (Lipinski definition) is 0. The molecule has 0 N–H and O–H groups in total. The van der Waals surface area contributed by atoms with Gasteiger partial charge in [-0.1, -0.05) is 13.8 Å². The van der Waals surface area contributed by atoms with E-state index in [4.69, 9.17) is 4.74 Å². The van der Waals surface area contributed by atoms with Crippen molar-refractivity contribution in [3.63, 3.8) is 0 Å². The highest BCUT2D eigenvalue weighted by atomic mass is 32.2. The van der Waals surface area contributed by atoms with E-state index in [1.54, 1.807) is 6.92 Å². The summed E-state index contributed by atoms with van der Waals surface area (Å²) >= 11 is 2.27. The highest BCUT2D eigenvalue weighted by molar-refractivity contribution is 8.08. The second kappa shape index (κ2) is 5.20. The van der Waals surface area contributed by atoms with E-state index in [2.05, 4.69) is 32.5 Å². The molecule has 5 aliphatic rings. The molecular formula is C22H34O2S. The minimum Gasteiger partial charge on any atom is -0.462 e. The summed E-state index contributed by atoms with van der Waals surface area (Å²) in [5, 5.41) is 0.968. The summed E-state index contributed by atoms with van der Waals surface area (Å²) < 4.78 is 6.39. The van der Waals surface area contributed by atoms with E-state index in [9.17, 15) is 4.79 Å². The molecule has 3 heteroatoms. The molecule has 1 saturated heterocycles. The van der Waals surface area contributed by atoms with Crippen LogP contribution < -0.4 is 0 Å². The second-order valence-corrected chi connectivity index (χ2v) is 12.4. The molecule has 2 nitrogen and oxygen atoms in total. The third-order valence-corrected chi connectivity index (χ3v) is 11.3. The Balaban J connectivity index is 1.42. The minimum atomic E-state index is -0.0818. The van der Waals surface area contributed by atoms with Gasteiger partial charge in [-0.05, 0) is 87.4 Å². The van der Waals surface area contributed by atoms with Crippen molar-refractivity contribution in [2.24, 2.45) is 34.5 Å². The van der Waals surface area contributed by atoms with Crippen molar-refractivity contribution in [2.75, 3.05) is 0 Å². The molecule has 5 fully saturated rings. The van der Waals surface area contributed by atoms with Crippen LogP contribution in [0.4, 0.5) is 0 Å². The predicted molar refractivity (Wildman–Crippen MR) is 102 cm³/mol. The van der Waals surface area contributed by atoms with Gasteiger partial charge in [0.15, 0.2) is 0 Å². The Kier molecular flexibility index (Phi) is 3.53. The molecular weight excluding hydrogens is 328 g/mol. The van der Waals surface area contributed by atoms with Crippen LogP contribution in [0.3, 0.4) is 0 Å². The molecule has 0 aromatic heterocycles. The average Bonchev–Trinajstić information content (AvgIpc) is 3.06. The number of thioether (sulfide) groups is 1. The molecule has 0 unspecified atom stereocenters. The molecule has 1 heterocycles. The van der Waals surface area contributed by atoms with Crippen molar-refractivity contribution in [3.05, 3.63) is 0 Å². The zero-order valence-corrected chi connectivity index (χ0v) is 17.2. The molecule has 9 atom stereocenters. The topological polar surface area (TPSA) is 26.3 Å². The molecule has 0 aromatic rings. The van der Waals surface area contributed by atoms with E-state index < -0.39 is 0 Å². The molecule has 4 aliphatic carbocycles. The number of fused-ring (bicyclic) bond motifs is 6. The predicted octanol–water partition coefficient (Wildman–Crippen LogP) is 5.44. The molecule has 140 valence electrons. The van der Waals surface area contributed by atoms with Gasteiger partial charge in [0.05, 0.1) is 0 Å². The lowest BCUT2D eigenvalue weighted by atomic mass is 9.44. The Bertz CT molecular complexity index is 605. The number of carbonyl (C=O) groups excluding carboxylic acids is 1. The first-order valence-corrected chi connectivity index (χ1v) is 11.5. The van der Waals surface area contributed by atoms with Crippen molar-refractivity contribution < 1.29 is 9.53 Å². The van der Waals surface area contributed by atoms with Gasteiger partial charge >= 0.3 is 5.97 Å². The summed E-state index contributed by atoms with van der Waals surface area (Å²) in [5.74, 6) is 3.47. The van der Waals surface area contributed by atoms with Crippen LogP contribution in [-0.4, -0.2) is 22.1 Å². The largest absolute Gasteiger partial charge is 0.462 e. The van der Waals surface area contributed by atoms with E-state index in [1.807, 2.05) is 0 Å². The van der Waals surface area contributed by atoms with Crippen LogP contribution in [0.15, 0.2) is 0 Å². The van der Waals surface area contributed by atoms with Crippen molar-refractivity contribution in [3.8, 4) is 0 Å². The summed E-state index contributed by atoms with van der Waals surface area (Å²) in [6, 6.07) is 0. The zero-order chi connectivity index (χ0) is 17.6. The molecule has 0 radical (unpaired) electrons. The van der Waals surface area contributed by atoms with Gasteiger partial charge in [-0.25, -0.2) is 0 Å². The third-order valence-electron chi connectivity index (χ3n) is 9.55. The van der Waals surface area contributed by atoms with Gasteiger partial charge in [-0.2, -0.15) is 0 Å². The number of esters is 1. The van der Waals surface area contributed by atoms with E-state index in [0.29, 0.717) is 10.2 Å². The van der Waals surface area contributed by atoms with Crippen molar-refractivity contribution in [1.82, 2.24) is 0 Å². The number of carbonyl (C=O) groups is 1. The van der Waals surface area contributed by atoms with Crippen LogP contribution in [-0.2, 0) is 9.53 Å². The van der Waals surface area contributed by atoms with Crippen molar-refractivity contribution >= 4 is 17.7 Å². The lowest BCUT2D eigenvalue weighted by Gasteiger charge is -2.60. The molecule has 4 saturated carbocycles. The van der Waals surface area contributed by atoms with Crippen molar-refractivity contribution in [2.45, 2.75) is 95.2 Å². The molecule has 25 heavy (non-hydrogen) atoms. The number of hydrogen-bond acceptors (Lipinski definition) is 3. The maximum Gasteiger partial charge on any atom is 0.302 e. The van der Waals surface area contributed by atoms with Gasteiger partial charge in [0, 0.05) is 22.3 Å².